The van der Waals surface area contributed by atoms with Crippen LogP contribution in [0.15, 0.2) is 59.1 Å². The quantitative estimate of drug-likeness (QED) is 0.494. The van der Waals surface area contributed by atoms with Crippen molar-refractivity contribution < 1.29 is 19.5 Å². The molecule has 7 nitrogen and oxygen atoms in total. The first-order valence-corrected chi connectivity index (χ1v) is 9.61. The van der Waals surface area contributed by atoms with E-state index in [0.29, 0.717) is 24.1 Å². The van der Waals surface area contributed by atoms with Gasteiger partial charge in [0.1, 0.15) is 6.04 Å². The third-order valence-corrected chi connectivity index (χ3v) is 4.50. The van der Waals surface area contributed by atoms with Gasteiger partial charge in [0.15, 0.2) is 6.04 Å². The number of amides is 3. The molecule has 1 unspecified atom stereocenters. The molecule has 0 spiro atoms. The van der Waals surface area contributed by atoms with Crippen molar-refractivity contribution in [2.75, 3.05) is 5.32 Å². The summed E-state index contributed by atoms with van der Waals surface area (Å²) >= 11 is 3.32. The Morgan fingerprint density at radius 3 is 2.21 bits per heavy atom. The van der Waals surface area contributed by atoms with Crippen LogP contribution in [0.4, 0.5) is 10.5 Å². The second-order valence-electron chi connectivity index (χ2n) is 6.14. The summed E-state index contributed by atoms with van der Waals surface area (Å²) in [5.74, 6) is -1.72. The van der Waals surface area contributed by atoms with Crippen LogP contribution in [0.1, 0.15) is 31.4 Å². The normalized spacial score (nSPS) is 12.5. The van der Waals surface area contributed by atoms with Crippen LogP contribution >= 0.6 is 15.9 Å². The van der Waals surface area contributed by atoms with Crippen molar-refractivity contribution >= 4 is 39.5 Å². The van der Waals surface area contributed by atoms with Crippen molar-refractivity contribution in [1.82, 2.24) is 10.6 Å². The largest absolute Gasteiger partial charge is 0.479 e. The minimum absolute atomic E-state index is 0.376. The fourth-order valence-electron chi connectivity index (χ4n) is 2.59. The Hall–Kier alpha value is -2.87. The number of hydrogen-bond donors (Lipinski definition) is 4. The second kappa shape index (κ2) is 10.5. The molecule has 2 aromatic rings. The van der Waals surface area contributed by atoms with Crippen LogP contribution in [-0.4, -0.2) is 29.1 Å². The molecule has 3 amide bonds. The van der Waals surface area contributed by atoms with Crippen molar-refractivity contribution in [1.29, 1.82) is 0 Å². The Labute approximate surface area is 171 Å². The molecule has 28 heavy (non-hydrogen) atoms. The van der Waals surface area contributed by atoms with Gasteiger partial charge in [-0.25, -0.2) is 9.59 Å². The summed E-state index contributed by atoms with van der Waals surface area (Å²) in [5, 5.41) is 17.2. The van der Waals surface area contributed by atoms with Crippen molar-refractivity contribution in [3.63, 3.8) is 0 Å². The fraction of sp³-hybridized carbons (Fsp3) is 0.250. The molecule has 8 heteroatoms. The van der Waals surface area contributed by atoms with E-state index in [4.69, 9.17) is 0 Å². The first-order chi connectivity index (χ1) is 13.4. The predicted octanol–water partition coefficient (Wildman–Crippen LogP) is 3.68. The molecule has 0 bridgehead atoms. The smallest absolute Gasteiger partial charge is 0.330 e. The molecular formula is C20H22BrN3O4. The predicted molar refractivity (Wildman–Crippen MR) is 110 cm³/mol. The highest BCUT2D eigenvalue weighted by Gasteiger charge is 2.27. The Morgan fingerprint density at radius 1 is 1.00 bits per heavy atom. The lowest BCUT2D eigenvalue weighted by Gasteiger charge is -2.21. The fourth-order valence-corrected chi connectivity index (χ4v) is 2.86. The van der Waals surface area contributed by atoms with Crippen molar-refractivity contribution in [3.05, 3.63) is 64.6 Å². The van der Waals surface area contributed by atoms with E-state index in [1.54, 1.807) is 54.6 Å². The van der Waals surface area contributed by atoms with Crippen molar-refractivity contribution in [2.24, 2.45) is 0 Å². The Morgan fingerprint density at radius 2 is 1.64 bits per heavy atom. The van der Waals surface area contributed by atoms with Crippen LogP contribution in [0.2, 0.25) is 0 Å². The van der Waals surface area contributed by atoms with Gasteiger partial charge in [-0.15, -0.1) is 0 Å². The van der Waals surface area contributed by atoms with Gasteiger partial charge in [-0.05, 0) is 36.2 Å². The van der Waals surface area contributed by atoms with E-state index in [1.165, 1.54) is 0 Å². The third kappa shape index (κ3) is 6.38. The number of carbonyl (C=O) groups excluding carboxylic acids is 2. The van der Waals surface area contributed by atoms with Gasteiger partial charge in [-0.2, -0.15) is 0 Å². The van der Waals surface area contributed by atoms with Gasteiger partial charge < -0.3 is 21.1 Å². The first-order valence-electron chi connectivity index (χ1n) is 8.82. The average molecular weight is 448 g/mol. The molecule has 148 valence electrons. The number of carbonyl (C=O) groups is 3. The van der Waals surface area contributed by atoms with Gasteiger partial charge in [0, 0.05) is 10.2 Å². The van der Waals surface area contributed by atoms with Crippen LogP contribution in [0.3, 0.4) is 0 Å². The standard InChI is InChI=1S/C20H22BrN3O4/c1-2-6-16(23-20(28)22-15-11-9-14(21)10-12-15)18(25)24-17(19(26)27)13-7-4-3-5-8-13/h3-5,7-12,16-17H,2,6H2,1H3,(H,24,25)(H,26,27)(H2,22,23,28)/t16?,17-/m0/s1. The van der Waals surface area contributed by atoms with E-state index in [0.717, 1.165) is 4.47 Å². The zero-order valence-electron chi connectivity index (χ0n) is 15.3. The van der Waals surface area contributed by atoms with E-state index in [2.05, 4.69) is 31.9 Å². The van der Waals surface area contributed by atoms with Gasteiger partial charge in [0.25, 0.3) is 0 Å². The number of hydrogen-bond acceptors (Lipinski definition) is 3. The Bertz CT molecular complexity index is 812. The molecule has 0 saturated heterocycles. The van der Waals surface area contributed by atoms with Crippen LogP contribution in [0.25, 0.3) is 0 Å². The topological polar surface area (TPSA) is 108 Å². The van der Waals surface area contributed by atoms with E-state index in [9.17, 15) is 19.5 Å². The van der Waals surface area contributed by atoms with Crippen LogP contribution in [-0.2, 0) is 9.59 Å². The van der Waals surface area contributed by atoms with Gasteiger partial charge in [0.2, 0.25) is 5.91 Å². The lowest BCUT2D eigenvalue weighted by Crippen LogP contribution is -2.49. The molecule has 0 radical (unpaired) electrons. The highest BCUT2D eigenvalue weighted by atomic mass is 79.9. The number of urea groups is 1. The summed E-state index contributed by atoms with van der Waals surface area (Å²) in [7, 11) is 0. The maximum absolute atomic E-state index is 12.6. The van der Waals surface area contributed by atoms with Crippen LogP contribution in [0, 0.1) is 0 Å². The van der Waals surface area contributed by atoms with E-state index in [1.807, 2.05) is 6.92 Å². The van der Waals surface area contributed by atoms with Gasteiger partial charge in [0.05, 0.1) is 0 Å². The number of anilines is 1. The zero-order chi connectivity index (χ0) is 20.5. The molecule has 0 aliphatic rings. The molecule has 0 aliphatic carbocycles. The molecule has 0 heterocycles. The Kier molecular flexibility index (Phi) is 8.01. The number of rotatable bonds is 8. The Balaban J connectivity index is 2.04. The minimum atomic E-state index is -1.19. The summed E-state index contributed by atoms with van der Waals surface area (Å²) in [5.41, 5.74) is 1.03. The maximum atomic E-state index is 12.6. The molecule has 0 fully saturated rings. The molecule has 2 rings (SSSR count). The van der Waals surface area contributed by atoms with Crippen LogP contribution in [0.5, 0.6) is 0 Å². The number of halogens is 1. The maximum Gasteiger partial charge on any atom is 0.330 e. The van der Waals surface area contributed by atoms with Gasteiger partial charge in [-0.3, -0.25) is 4.79 Å². The molecule has 0 saturated carbocycles. The van der Waals surface area contributed by atoms with Crippen molar-refractivity contribution in [2.45, 2.75) is 31.8 Å². The minimum Gasteiger partial charge on any atom is -0.479 e. The monoisotopic (exact) mass is 447 g/mol. The van der Waals surface area contributed by atoms with E-state index in [-0.39, 0.29) is 0 Å². The van der Waals surface area contributed by atoms with E-state index < -0.39 is 30.0 Å². The number of aliphatic carboxylic acids is 1. The number of benzene rings is 2. The van der Waals surface area contributed by atoms with Gasteiger partial charge >= 0.3 is 12.0 Å². The summed E-state index contributed by atoms with van der Waals surface area (Å²) in [4.78, 5) is 36.5. The summed E-state index contributed by atoms with van der Waals surface area (Å²) < 4.78 is 0.877. The highest BCUT2D eigenvalue weighted by molar-refractivity contribution is 9.10. The van der Waals surface area contributed by atoms with Crippen molar-refractivity contribution in [3.8, 4) is 0 Å². The molecule has 0 aliphatic heterocycles. The average Bonchev–Trinajstić information content (AvgIpc) is 2.67. The third-order valence-electron chi connectivity index (χ3n) is 3.97. The SMILES string of the molecule is CCCC(NC(=O)Nc1ccc(Br)cc1)C(=O)N[C@H](C(=O)O)c1ccccc1. The summed E-state index contributed by atoms with van der Waals surface area (Å²) in [6.07, 6.45) is 1.01. The first kappa shape index (κ1) is 21.4. The molecule has 0 aromatic heterocycles. The van der Waals surface area contributed by atoms with Gasteiger partial charge in [-0.1, -0.05) is 59.6 Å². The zero-order valence-corrected chi connectivity index (χ0v) is 16.9. The second-order valence-corrected chi connectivity index (χ2v) is 7.05. The van der Waals surface area contributed by atoms with E-state index >= 15 is 0 Å². The summed E-state index contributed by atoms with van der Waals surface area (Å²) in [6, 6.07) is 12.8. The highest BCUT2D eigenvalue weighted by Crippen LogP contribution is 2.15. The molecule has 4 N–H and O–H groups in total. The number of carboxylic acids is 1. The lowest BCUT2D eigenvalue weighted by molar-refractivity contribution is -0.142. The lowest BCUT2D eigenvalue weighted by atomic mass is 10.1. The van der Waals surface area contributed by atoms with Crippen LogP contribution < -0.4 is 16.0 Å². The molecule has 2 aromatic carbocycles. The molecular weight excluding hydrogens is 426 g/mol. The molecule has 2 atom stereocenters. The summed E-state index contributed by atoms with van der Waals surface area (Å²) in [6.45, 7) is 1.88. The number of carboxylic acid groups (broad SMARTS) is 1. The number of nitrogens with one attached hydrogen (secondary N) is 3.